The molecule has 0 fully saturated rings. The molecule has 0 unspecified atom stereocenters. The number of nitrogens with zero attached hydrogens (tertiary/aromatic N) is 4. The number of ether oxygens (including phenoxy) is 3. The molecule has 3 aromatic heterocycles. The second-order valence-electron chi connectivity index (χ2n) is 10.8. The molecule has 0 atom stereocenters. The number of nitrogens with one attached hydrogen (secondary N) is 2. The zero-order valence-electron chi connectivity index (χ0n) is 23.7. The highest BCUT2D eigenvalue weighted by molar-refractivity contribution is 7.90. The summed E-state index contributed by atoms with van der Waals surface area (Å²) in [6.45, 7) is 11.1. The van der Waals surface area contributed by atoms with Crippen molar-refractivity contribution in [2.24, 2.45) is 0 Å². The topological polar surface area (TPSA) is 164 Å². The van der Waals surface area contributed by atoms with E-state index in [1.807, 2.05) is 25.5 Å². The van der Waals surface area contributed by atoms with Crippen molar-refractivity contribution in [1.82, 2.24) is 24.5 Å². The van der Waals surface area contributed by atoms with E-state index < -0.39 is 38.1 Å². The van der Waals surface area contributed by atoms with Gasteiger partial charge in [-0.15, -0.1) is 0 Å². The van der Waals surface area contributed by atoms with Crippen LogP contribution < -0.4 is 19.5 Å². The number of sulfonamides is 1. The summed E-state index contributed by atoms with van der Waals surface area (Å²) >= 11 is 0. The number of carbonyl (C=O) groups is 2. The molecule has 3 aromatic rings. The fourth-order valence-corrected chi connectivity index (χ4v) is 4.49. The molecular weight excluding hydrogens is 540 g/mol. The van der Waals surface area contributed by atoms with Crippen LogP contribution in [-0.2, 0) is 26.7 Å². The maximum Gasteiger partial charge on any atom is 0.413 e. The Morgan fingerprint density at radius 1 is 0.950 bits per heavy atom. The Labute approximate surface area is 233 Å². The van der Waals surface area contributed by atoms with Crippen LogP contribution in [0.5, 0.6) is 11.6 Å². The number of amides is 2. The van der Waals surface area contributed by atoms with Crippen LogP contribution in [0.25, 0.3) is 0 Å². The monoisotopic (exact) mass is 574 g/mol. The largest absolute Gasteiger partial charge is 0.494 e. The molecule has 2 N–H and O–H groups in total. The molecule has 0 radical (unpaired) electrons. The van der Waals surface area contributed by atoms with Gasteiger partial charge in [0.05, 0.1) is 20.8 Å². The molecule has 3 heterocycles. The number of hydrogen-bond donors (Lipinski definition) is 2. The predicted molar refractivity (Wildman–Crippen MR) is 146 cm³/mol. The Balaban J connectivity index is 1.78. The highest BCUT2D eigenvalue weighted by Crippen LogP contribution is 2.27. The van der Waals surface area contributed by atoms with Crippen LogP contribution in [0.1, 0.15) is 63.3 Å². The molecule has 0 aliphatic carbocycles. The van der Waals surface area contributed by atoms with E-state index in [1.165, 1.54) is 31.0 Å². The van der Waals surface area contributed by atoms with Crippen LogP contribution in [0.3, 0.4) is 0 Å². The SMILES string of the molecule is COc1ccc(C(C)(C)C)nc1S(=O)(=O)NC(=O)c1ccc(Cn2ccc(NC(=O)OC(C)(C)C)n2)c(OC)n1. The first-order valence-electron chi connectivity index (χ1n) is 12.2. The van der Waals surface area contributed by atoms with Gasteiger partial charge in [-0.3, -0.25) is 14.8 Å². The Kier molecular flexibility index (Phi) is 8.72. The summed E-state index contributed by atoms with van der Waals surface area (Å²) in [6, 6.07) is 7.68. The van der Waals surface area contributed by atoms with Crippen molar-refractivity contribution in [2.45, 2.75) is 64.1 Å². The first-order valence-corrected chi connectivity index (χ1v) is 13.7. The molecular formula is C26H34N6O7S. The van der Waals surface area contributed by atoms with Crippen molar-refractivity contribution in [3.05, 3.63) is 53.5 Å². The van der Waals surface area contributed by atoms with Gasteiger partial charge in [0.25, 0.3) is 15.9 Å². The first-order chi connectivity index (χ1) is 18.5. The van der Waals surface area contributed by atoms with Crippen LogP contribution in [0.15, 0.2) is 41.6 Å². The van der Waals surface area contributed by atoms with Gasteiger partial charge in [0.15, 0.2) is 11.6 Å². The van der Waals surface area contributed by atoms with Crippen molar-refractivity contribution in [3.8, 4) is 11.6 Å². The highest BCUT2D eigenvalue weighted by Gasteiger charge is 2.28. The second-order valence-corrected chi connectivity index (χ2v) is 12.4. The standard InChI is InChI=1S/C26H34N6O7S/c1-25(2,3)19-12-11-18(37-7)23(28-19)40(35,36)31-21(33)17-10-9-16(22(27-17)38-8)15-32-14-13-20(30-32)29-24(34)39-26(4,5)6/h9-14H,15H2,1-8H3,(H,31,33)(H,29,30,34). The average molecular weight is 575 g/mol. The molecule has 3 rings (SSSR count). The Morgan fingerprint density at radius 3 is 2.25 bits per heavy atom. The van der Waals surface area contributed by atoms with Gasteiger partial charge >= 0.3 is 6.09 Å². The molecule has 14 heteroatoms. The van der Waals surface area contributed by atoms with Gasteiger partial charge < -0.3 is 14.2 Å². The predicted octanol–water partition coefficient (Wildman–Crippen LogP) is 3.50. The van der Waals surface area contributed by atoms with Crippen molar-refractivity contribution in [2.75, 3.05) is 19.5 Å². The second kappa shape index (κ2) is 11.5. The third-order valence-corrected chi connectivity index (χ3v) is 6.52. The lowest BCUT2D eigenvalue weighted by Crippen LogP contribution is -2.32. The number of rotatable bonds is 8. The highest BCUT2D eigenvalue weighted by atomic mass is 32.2. The number of anilines is 1. The van der Waals surface area contributed by atoms with Crippen LogP contribution in [0.4, 0.5) is 10.6 Å². The molecule has 0 bridgehead atoms. The van der Waals surface area contributed by atoms with Crippen molar-refractivity contribution >= 4 is 27.8 Å². The van der Waals surface area contributed by atoms with E-state index in [2.05, 4.69) is 20.4 Å². The van der Waals surface area contributed by atoms with Gasteiger partial charge in [-0.2, -0.15) is 13.5 Å². The lowest BCUT2D eigenvalue weighted by atomic mass is 9.92. The smallest absolute Gasteiger partial charge is 0.413 e. The summed E-state index contributed by atoms with van der Waals surface area (Å²) in [5.74, 6) is -0.610. The van der Waals surface area contributed by atoms with Crippen molar-refractivity contribution < 1.29 is 32.2 Å². The number of hydrogen-bond acceptors (Lipinski definition) is 10. The van der Waals surface area contributed by atoms with E-state index >= 15 is 0 Å². The third-order valence-electron chi connectivity index (χ3n) is 5.26. The molecule has 0 saturated carbocycles. The van der Waals surface area contributed by atoms with Crippen molar-refractivity contribution in [1.29, 1.82) is 0 Å². The van der Waals surface area contributed by atoms with Gasteiger partial charge in [0, 0.05) is 28.9 Å². The Bertz CT molecular complexity index is 1500. The summed E-state index contributed by atoms with van der Waals surface area (Å²) in [5, 5.41) is 6.41. The number of methoxy groups -OCH3 is 2. The van der Waals surface area contributed by atoms with Gasteiger partial charge in [-0.05, 0) is 45.0 Å². The number of aromatic nitrogens is 4. The summed E-state index contributed by atoms with van der Waals surface area (Å²) in [4.78, 5) is 33.3. The zero-order chi connectivity index (χ0) is 29.9. The van der Waals surface area contributed by atoms with Crippen LogP contribution in [0.2, 0.25) is 0 Å². The lowest BCUT2D eigenvalue weighted by molar-refractivity contribution is 0.0635. The number of pyridine rings is 2. The van der Waals surface area contributed by atoms with Crippen molar-refractivity contribution in [3.63, 3.8) is 0 Å². The van der Waals surface area contributed by atoms with E-state index in [-0.39, 0.29) is 29.7 Å². The van der Waals surface area contributed by atoms with Gasteiger partial charge in [-0.25, -0.2) is 19.5 Å². The first kappa shape index (κ1) is 30.3. The van der Waals surface area contributed by atoms with Gasteiger partial charge in [0.1, 0.15) is 11.3 Å². The van der Waals surface area contributed by atoms with Crippen LogP contribution >= 0.6 is 0 Å². The summed E-state index contributed by atoms with van der Waals surface area (Å²) in [7, 11) is -1.72. The van der Waals surface area contributed by atoms with E-state index in [0.29, 0.717) is 11.3 Å². The minimum Gasteiger partial charge on any atom is -0.494 e. The van der Waals surface area contributed by atoms with Gasteiger partial charge in [-0.1, -0.05) is 20.8 Å². The molecule has 0 aliphatic rings. The fourth-order valence-electron chi connectivity index (χ4n) is 3.41. The summed E-state index contributed by atoms with van der Waals surface area (Å²) < 4.78 is 45.5. The maximum absolute atomic E-state index is 13.1. The van der Waals surface area contributed by atoms with E-state index in [1.54, 1.807) is 45.2 Å². The lowest BCUT2D eigenvalue weighted by Gasteiger charge is -2.19. The zero-order valence-corrected chi connectivity index (χ0v) is 24.5. The summed E-state index contributed by atoms with van der Waals surface area (Å²) in [6.07, 6.45) is 0.992. The molecule has 0 aromatic carbocycles. The fraction of sp³-hybridized carbons (Fsp3) is 0.423. The molecule has 0 spiro atoms. The minimum atomic E-state index is -4.41. The minimum absolute atomic E-state index is 0.00561. The molecule has 0 aliphatic heterocycles. The molecule has 40 heavy (non-hydrogen) atoms. The summed E-state index contributed by atoms with van der Waals surface area (Å²) in [5.41, 5.74) is -0.226. The third kappa shape index (κ3) is 7.68. The van der Waals surface area contributed by atoms with E-state index in [4.69, 9.17) is 14.2 Å². The van der Waals surface area contributed by atoms with Crippen LogP contribution in [-0.4, -0.2) is 60.0 Å². The quantitative estimate of drug-likeness (QED) is 0.407. The average Bonchev–Trinajstić information content (AvgIpc) is 3.28. The molecule has 2 amide bonds. The Morgan fingerprint density at radius 2 is 1.65 bits per heavy atom. The van der Waals surface area contributed by atoms with E-state index in [0.717, 1.165) is 0 Å². The molecule has 216 valence electrons. The van der Waals surface area contributed by atoms with Crippen LogP contribution in [0, 0.1) is 0 Å². The normalized spacial score (nSPS) is 12.0. The number of carbonyl (C=O) groups excluding carboxylic acids is 2. The maximum atomic E-state index is 13.1. The molecule has 0 saturated heterocycles. The molecule has 13 nitrogen and oxygen atoms in total. The van der Waals surface area contributed by atoms with E-state index in [9.17, 15) is 18.0 Å². The van der Waals surface area contributed by atoms with Gasteiger partial charge in [0.2, 0.25) is 10.9 Å². The Hall–Kier alpha value is -4.20.